The minimum Gasteiger partial charge on any atom is -0.382 e. The van der Waals surface area contributed by atoms with Gasteiger partial charge < -0.3 is 29.6 Å². The third-order valence-corrected chi connectivity index (χ3v) is 4.09. The van der Waals surface area contributed by atoms with Crippen LogP contribution in [0.5, 0.6) is 0 Å². The van der Waals surface area contributed by atoms with Crippen molar-refractivity contribution in [3.63, 3.8) is 0 Å². The van der Waals surface area contributed by atoms with Crippen molar-refractivity contribution >= 4 is 18.1 Å². The molecular weight excluding hydrogens is 376 g/mol. The Hall–Kier alpha value is -2.29. The van der Waals surface area contributed by atoms with E-state index in [9.17, 15) is 14.4 Å². The van der Waals surface area contributed by atoms with Crippen molar-refractivity contribution in [2.45, 2.75) is 32.4 Å². The maximum absolute atomic E-state index is 12.6. The topological polar surface area (TPSA) is 103 Å². The quantitative estimate of drug-likeness (QED) is 0.328. The number of amides is 2. The summed E-state index contributed by atoms with van der Waals surface area (Å²) in [6.07, 6.45) is 1.10. The Bertz CT molecular complexity index is 608. The van der Waals surface area contributed by atoms with Crippen LogP contribution >= 0.6 is 0 Å². The lowest BCUT2D eigenvalue weighted by Gasteiger charge is -2.23. The number of nitrogens with one attached hydrogen (secondary N) is 2. The molecule has 1 aromatic rings. The van der Waals surface area contributed by atoms with Gasteiger partial charge in [-0.25, -0.2) is 0 Å². The minimum atomic E-state index is -0.762. The number of methoxy groups -OCH3 is 1. The van der Waals surface area contributed by atoms with E-state index in [4.69, 9.17) is 14.2 Å². The number of hydrogen-bond donors (Lipinski definition) is 2. The second kappa shape index (κ2) is 14.7. The molecule has 8 nitrogen and oxygen atoms in total. The van der Waals surface area contributed by atoms with Gasteiger partial charge in [-0.3, -0.25) is 9.59 Å². The molecule has 0 fully saturated rings. The van der Waals surface area contributed by atoms with Crippen LogP contribution < -0.4 is 10.6 Å². The molecule has 2 N–H and O–H groups in total. The summed E-state index contributed by atoms with van der Waals surface area (Å²) in [5.74, 6) is -0.953. The van der Waals surface area contributed by atoms with E-state index in [-0.39, 0.29) is 19.1 Å². The molecule has 0 spiro atoms. The number of benzene rings is 1. The Labute approximate surface area is 172 Å². The number of aldehydes is 1. The second-order valence-corrected chi connectivity index (χ2v) is 6.89. The van der Waals surface area contributed by atoms with E-state index in [0.29, 0.717) is 32.5 Å². The van der Waals surface area contributed by atoms with Gasteiger partial charge in [-0.05, 0) is 17.9 Å². The van der Waals surface area contributed by atoms with Gasteiger partial charge in [0.2, 0.25) is 11.8 Å². The van der Waals surface area contributed by atoms with Crippen molar-refractivity contribution in [3.05, 3.63) is 35.9 Å². The van der Waals surface area contributed by atoms with Gasteiger partial charge >= 0.3 is 0 Å². The van der Waals surface area contributed by atoms with E-state index in [2.05, 4.69) is 10.6 Å². The fourth-order valence-corrected chi connectivity index (χ4v) is 2.55. The molecule has 0 aliphatic carbocycles. The Kier molecular flexibility index (Phi) is 12.5. The molecule has 2 unspecified atom stereocenters. The van der Waals surface area contributed by atoms with E-state index < -0.39 is 23.9 Å². The van der Waals surface area contributed by atoms with Crippen LogP contribution in [0.1, 0.15) is 19.4 Å². The van der Waals surface area contributed by atoms with Gasteiger partial charge in [0.05, 0.1) is 32.5 Å². The van der Waals surface area contributed by atoms with Crippen LogP contribution in [-0.4, -0.2) is 70.3 Å². The summed E-state index contributed by atoms with van der Waals surface area (Å²) in [6.45, 7) is 5.04. The van der Waals surface area contributed by atoms with Crippen molar-refractivity contribution in [3.8, 4) is 0 Å². The zero-order valence-corrected chi connectivity index (χ0v) is 17.4. The first-order valence-corrected chi connectivity index (χ1v) is 9.71. The maximum Gasteiger partial charge on any atom is 0.246 e. The molecular formula is C21H32N2O6. The molecule has 0 saturated heterocycles. The zero-order valence-electron chi connectivity index (χ0n) is 17.4. The number of carbonyl (C=O) groups is 3. The lowest BCUT2D eigenvalue weighted by molar-refractivity contribution is -0.133. The molecule has 2 amide bonds. The van der Waals surface area contributed by atoms with Gasteiger partial charge in [0.1, 0.15) is 18.9 Å². The number of hydrogen-bond acceptors (Lipinski definition) is 6. The van der Waals surface area contributed by atoms with Gasteiger partial charge in [0.25, 0.3) is 0 Å². The zero-order chi connectivity index (χ0) is 21.5. The Balaban J connectivity index is 2.44. The smallest absolute Gasteiger partial charge is 0.246 e. The van der Waals surface area contributed by atoms with Crippen molar-refractivity contribution in [2.75, 3.05) is 40.1 Å². The summed E-state index contributed by atoms with van der Waals surface area (Å²) in [7, 11) is 1.59. The molecule has 0 aromatic heterocycles. The highest BCUT2D eigenvalue weighted by atomic mass is 16.5. The molecule has 0 aliphatic rings. The van der Waals surface area contributed by atoms with Crippen LogP contribution in [0, 0.1) is 5.92 Å². The highest BCUT2D eigenvalue weighted by Crippen LogP contribution is 2.05. The van der Waals surface area contributed by atoms with Crippen LogP contribution in [0.4, 0.5) is 0 Å². The van der Waals surface area contributed by atoms with Crippen LogP contribution in [0.25, 0.3) is 0 Å². The van der Waals surface area contributed by atoms with Gasteiger partial charge in [-0.15, -0.1) is 0 Å². The van der Waals surface area contributed by atoms with E-state index in [0.717, 1.165) is 5.56 Å². The number of rotatable bonds is 15. The van der Waals surface area contributed by atoms with E-state index in [1.807, 2.05) is 44.2 Å². The average molecular weight is 408 g/mol. The first-order chi connectivity index (χ1) is 14.0. The summed E-state index contributed by atoms with van der Waals surface area (Å²) < 4.78 is 15.3. The number of carbonyl (C=O) groups excluding carboxylic acids is 3. The first-order valence-electron chi connectivity index (χ1n) is 9.71. The summed E-state index contributed by atoms with van der Waals surface area (Å²) in [4.78, 5) is 36.1. The molecule has 2 atom stereocenters. The van der Waals surface area contributed by atoms with Crippen LogP contribution in [0.2, 0.25) is 0 Å². The average Bonchev–Trinajstić information content (AvgIpc) is 2.71. The molecule has 29 heavy (non-hydrogen) atoms. The van der Waals surface area contributed by atoms with Crippen LogP contribution in [0.15, 0.2) is 30.3 Å². The Morgan fingerprint density at radius 3 is 2.28 bits per heavy atom. The van der Waals surface area contributed by atoms with Gasteiger partial charge in [-0.2, -0.15) is 0 Å². The predicted octanol–water partition coefficient (Wildman–Crippen LogP) is 0.733. The van der Waals surface area contributed by atoms with Crippen LogP contribution in [0.3, 0.4) is 0 Å². The molecule has 1 aromatic carbocycles. The summed E-state index contributed by atoms with van der Waals surface area (Å²) in [6, 6.07) is 7.99. The Morgan fingerprint density at radius 1 is 1.00 bits per heavy atom. The van der Waals surface area contributed by atoms with Gasteiger partial charge in [0, 0.05) is 7.11 Å². The lowest BCUT2D eigenvalue weighted by Crippen LogP contribution is -2.53. The van der Waals surface area contributed by atoms with Crippen molar-refractivity contribution < 1.29 is 28.6 Å². The summed E-state index contributed by atoms with van der Waals surface area (Å²) in [5, 5.41) is 5.37. The molecule has 0 heterocycles. The third-order valence-electron chi connectivity index (χ3n) is 4.09. The monoisotopic (exact) mass is 408 g/mol. The maximum atomic E-state index is 12.6. The fraction of sp³-hybridized carbons (Fsp3) is 0.571. The molecule has 0 aliphatic heterocycles. The molecule has 8 heteroatoms. The SMILES string of the molecule is COCCOCCOCC(=O)NC(C(=O)NC(C=O)Cc1ccccc1)C(C)C. The molecule has 0 saturated carbocycles. The van der Waals surface area contributed by atoms with Crippen molar-refractivity contribution in [1.29, 1.82) is 0 Å². The van der Waals surface area contributed by atoms with Crippen molar-refractivity contribution in [1.82, 2.24) is 10.6 Å². The molecule has 0 bridgehead atoms. The van der Waals surface area contributed by atoms with Gasteiger partial charge in [0.15, 0.2) is 0 Å². The third kappa shape index (κ3) is 10.7. The first kappa shape index (κ1) is 24.7. The highest BCUT2D eigenvalue weighted by Gasteiger charge is 2.26. The second-order valence-electron chi connectivity index (χ2n) is 6.89. The molecule has 1 rings (SSSR count). The minimum absolute atomic E-state index is 0.152. The van der Waals surface area contributed by atoms with E-state index in [1.165, 1.54) is 0 Å². The fourth-order valence-electron chi connectivity index (χ4n) is 2.55. The van der Waals surface area contributed by atoms with Crippen molar-refractivity contribution in [2.24, 2.45) is 5.92 Å². The predicted molar refractivity (Wildman–Crippen MR) is 108 cm³/mol. The highest BCUT2D eigenvalue weighted by molar-refractivity contribution is 5.89. The van der Waals surface area contributed by atoms with Crippen LogP contribution in [-0.2, 0) is 35.0 Å². The molecule has 162 valence electrons. The summed E-state index contributed by atoms with van der Waals surface area (Å²) in [5.41, 5.74) is 0.941. The van der Waals surface area contributed by atoms with Gasteiger partial charge in [-0.1, -0.05) is 44.2 Å². The summed E-state index contributed by atoms with van der Waals surface area (Å²) >= 11 is 0. The Morgan fingerprint density at radius 2 is 1.66 bits per heavy atom. The lowest BCUT2D eigenvalue weighted by atomic mass is 10.0. The number of ether oxygens (including phenoxy) is 3. The normalized spacial score (nSPS) is 13.0. The largest absolute Gasteiger partial charge is 0.382 e. The molecule has 0 radical (unpaired) electrons. The standard InChI is InChI=1S/C21H32N2O6/c1-16(2)20(23-19(25)15-29-12-11-28-10-9-27-3)21(26)22-18(14-24)13-17-7-5-4-6-8-17/h4-8,14,16,18,20H,9-13,15H2,1-3H3,(H,22,26)(H,23,25). The van der Waals surface area contributed by atoms with E-state index in [1.54, 1.807) is 7.11 Å². The van der Waals surface area contributed by atoms with E-state index >= 15 is 0 Å².